The molecule has 0 bridgehead atoms. The normalized spacial score (nSPS) is 14.8. The molecule has 1 aromatic carbocycles. The molecule has 1 aromatic rings. The molecule has 90 valence electrons. The van der Waals surface area contributed by atoms with Crippen LogP contribution in [-0.2, 0) is 6.42 Å². The lowest BCUT2D eigenvalue weighted by Crippen LogP contribution is -2.24. The van der Waals surface area contributed by atoms with Gasteiger partial charge in [0.05, 0.1) is 0 Å². The van der Waals surface area contributed by atoms with E-state index < -0.39 is 0 Å². The smallest absolute Gasteiger partial charge is 0.123 e. The molecule has 0 aliphatic rings. The number of nitrogens with one attached hydrogen (secondary N) is 1. The minimum atomic E-state index is -0.160. The van der Waals surface area contributed by atoms with Gasteiger partial charge >= 0.3 is 0 Å². The second-order valence-electron chi connectivity index (χ2n) is 4.47. The van der Waals surface area contributed by atoms with Crippen LogP contribution in [0.5, 0.6) is 0 Å². The third-order valence-corrected chi connectivity index (χ3v) is 3.60. The highest BCUT2D eigenvalue weighted by Crippen LogP contribution is 2.22. The number of hydrogen-bond donors (Lipinski definition) is 1. The summed E-state index contributed by atoms with van der Waals surface area (Å²) >= 11 is 3.46. The number of rotatable bonds is 5. The van der Waals surface area contributed by atoms with E-state index in [0.717, 1.165) is 22.9 Å². The average molecular weight is 288 g/mol. The number of benzene rings is 1. The van der Waals surface area contributed by atoms with Gasteiger partial charge < -0.3 is 5.32 Å². The number of hydrogen-bond acceptors (Lipinski definition) is 1. The van der Waals surface area contributed by atoms with Crippen molar-refractivity contribution >= 4 is 15.9 Å². The van der Waals surface area contributed by atoms with Crippen LogP contribution in [0.2, 0.25) is 0 Å². The summed E-state index contributed by atoms with van der Waals surface area (Å²) in [5.74, 6) is 0.382. The fourth-order valence-corrected chi connectivity index (χ4v) is 2.29. The standard InChI is InChI=1S/C13H19BrFN/c1-9(6-10(2)16-3)7-11-8-12(15)4-5-13(11)14/h4-5,8-10,16H,6-7H2,1-3H3. The summed E-state index contributed by atoms with van der Waals surface area (Å²) in [4.78, 5) is 0. The molecule has 0 saturated heterocycles. The minimum absolute atomic E-state index is 0.160. The molecule has 1 rings (SSSR count). The van der Waals surface area contributed by atoms with Crippen LogP contribution in [0.4, 0.5) is 4.39 Å². The summed E-state index contributed by atoms with van der Waals surface area (Å²) in [6.07, 6.45) is 2.00. The summed E-state index contributed by atoms with van der Waals surface area (Å²) in [6.45, 7) is 4.36. The van der Waals surface area contributed by atoms with Crippen molar-refractivity contribution in [3.05, 3.63) is 34.1 Å². The van der Waals surface area contributed by atoms with Gasteiger partial charge in [-0.1, -0.05) is 22.9 Å². The summed E-state index contributed by atoms with van der Waals surface area (Å²) in [5.41, 5.74) is 1.05. The van der Waals surface area contributed by atoms with Gasteiger partial charge in [-0.25, -0.2) is 4.39 Å². The van der Waals surface area contributed by atoms with Crippen molar-refractivity contribution < 1.29 is 4.39 Å². The van der Waals surface area contributed by atoms with Crippen LogP contribution in [0.15, 0.2) is 22.7 Å². The Morgan fingerprint density at radius 1 is 1.38 bits per heavy atom. The molecule has 0 radical (unpaired) electrons. The Kier molecular flexibility index (Phi) is 5.42. The largest absolute Gasteiger partial charge is 0.317 e. The highest BCUT2D eigenvalue weighted by molar-refractivity contribution is 9.10. The van der Waals surface area contributed by atoms with Gasteiger partial charge in [0.1, 0.15) is 5.82 Å². The molecule has 0 saturated carbocycles. The van der Waals surface area contributed by atoms with Crippen LogP contribution in [0, 0.1) is 11.7 Å². The van der Waals surface area contributed by atoms with Gasteiger partial charge in [-0.15, -0.1) is 0 Å². The molecule has 3 heteroatoms. The quantitative estimate of drug-likeness (QED) is 0.869. The van der Waals surface area contributed by atoms with Crippen molar-refractivity contribution in [2.75, 3.05) is 7.05 Å². The molecular formula is C13H19BrFN. The van der Waals surface area contributed by atoms with E-state index in [2.05, 4.69) is 35.1 Å². The SMILES string of the molecule is CNC(C)CC(C)Cc1cc(F)ccc1Br. The molecule has 0 amide bonds. The molecule has 1 nitrogen and oxygen atoms in total. The molecule has 0 aliphatic carbocycles. The van der Waals surface area contributed by atoms with Crippen LogP contribution in [-0.4, -0.2) is 13.1 Å². The lowest BCUT2D eigenvalue weighted by molar-refractivity contribution is 0.439. The van der Waals surface area contributed by atoms with E-state index in [4.69, 9.17) is 0 Å². The summed E-state index contributed by atoms with van der Waals surface area (Å²) in [7, 11) is 1.97. The van der Waals surface area contributed by atoms with Gasteiger partial charge in [0, 0.05) is 10.5 Å². The first-order valence-corrected chi connectivity index (χ1v) is 6.43. The van der Waals surface area contributed by atoms with E-state index in [1.165, 1.54) is 6.07 Å². The fraction of sp³-hybridized carbons (Fsp3) is 0.538. The number of halogens is 2. The molecular weight excluding hydrogens is 269 g/mol. The monoisotopic (exact) mass is 287 g/mol. The first kappa shape index (κ1) is 13.7. The van der Waals surface area contributed by atoms with E-state index in [0.29, 0.717) is 12.0 Å². The van der Waals surface area contributed by atoms with Crippen LogP contribution in [0.1, 0.15) is 25.8 Å². The summed E-state index contributed by atoms with van der Waals surface area (Å²) in [6, 6.07) is 5.38. The Morgan fingerprint density at radius 2 is 2.06 bits per heavy atom. The predicted octanol–water partition coefficient (Wildman–Crippen LogP) is 3.76. The Labute approximate surface area is 106 Å². The Morgan fingerprint density at radius 3 is 2.69 bits per heavy atom. The second kappa shape index (κ2) is 6.36. The van der Waals surface area contributed by atoms with Crippen molar-refractivity contribution in [3.63, 3.8) is 0 Å². The van der Waals surface area contributed by atoms with Gasteiger partial charge in [-0.2, -0.15) is 0 Å². The van der Waals surface area contributed by atoms with Crippen LogP contribution in [0.3, 0.4) is 0 Å². The summed E-state index contributed by atoms with van der Waals surface area (Å²) in [5, 5.41) is 3.22. The molecule has 2 atom stereocenters. The molecule has 0 fully saturated rings. The second-order valence-corrected chi connectivity index (χ2v) is 5.32. The maximum atomic E-state index is 13.1. The highest BCUT2D eigenvalue weighted by atomic mass is 79.9. The zero-order valence-corrected chi connectivity index (χ0v) is 11.6. The Bertz CT molecular complexity index is 341. The highest BCUT2D eigenvalue weighted by Gasteiger charge is 2.10. The van der Waals surface area contributed by atoms with Crippen molar-refractivity contribution in [1.29, 1.82) is 0 Å². The van der Waals surface area contributed by atoms with Crippen LogP contribution >= 0.6 is 15.9 Å². The zero-order chi connectivity index (χ0) is 12.1. The van der Waals surface area contributed by atoms with Crippen molar-refractivity contribution in [2.24, 2.45) is 5.92 Å². The van der Waals surface area contributed by atoms with Gasteiger partial charge in [0.2, 0.25) is 0 Å². The molecule has 0 heterocycles. The minimum Gasteiger partial charge on any atom is -0.317 e. The van der Waals surface area contributed by atoms with Crippen molar-refractivity contribution in [1.82, 2.24) is 5.32 Å². The molecule has 2 unspecified atom stereocenters. The van der Waals surface area contributed by atoms with E-state index in [1.54, 1.807) is 12.1 Å². The zero-order valence-electron chi connectivity index (χ0n) is 10.1. The molecule has 0 aromatic heterocycles. The Hall–Kier alpha value is -0.410. The lowest BCUT2D eigenvalue weighted by atomic mass is 9.95. The van der Waals surface area contributed by atoms with Crippen molar-refractivity contribution in [2.45, 2.75) is 32.7 Å². The predicted molar refractivity (Wildman–Crippen MR) is 70.1 cm³/mol. The van der Waals surface area contributed by atoms with E-state index in [1.807, 2.05) is 7.05 Å². The first-order chi connectivity index (χ1) is 7.52. The van der Waals surface area contributed by atoms with E-state index in [-0.39, 0.29) is 5.82 Å². The van der Waals surface area contributed by atoms with E-state index in [9.17, 15) is 4.39 Å². The van der Waals surface area contributed by atoms with Gasteiger partial charge in [0.25, 0.3) is 0 Å². The van der Waals surface area contributed by atoms with Gasteiger partial charge in [-0.3, -0.25) is 0 Å². The van der Waals surface area contributed by atoms with Gasteiger partial charge in [0.15, 0.2) is 0 Å². The Balaban J connectivity index is 2.61. The summed E-state index contributed by atoms with van der Waals surface area (Å²) < 4.78 is 14.1. The van der Waals surface area contributed by atoms with E-state index >= 15 is 0 Å². The topological polar surface area (TPSA) is 12.0 Å². The molecule has 16 heavy (non-hydrogen) atoms. The third-order valence-electron chi connectivity index (χ3n) is 2.82. The molecule has 0 aliphatic heterocycles. The maximum Gasteiger partial charge on any atom is 0.123 e. The van der Waals surface area contributed by atoms with Crippen LogP contribution in [0.25, 0.3) is 0 Å². The van der Waals surface area contributed by atoms with Crippen molar-refractivity contribution in [3.8, 4) is 0 Å². The fourth-order valence-electron chi connectivity index (χ4n) is 1.88. The molecule has 0 spiro atoms. The lowest BCUT2D eigenvalue weighted by Gasteiger charge is -2.17. The van der Waals surface area contributed by atoms with Crippen LogP contribution < -0.4 is 5.32 Å². The first-order valence-electron chi connectivity index (χ1n) is 5.64. The average Bonchev–Trinajstić information content (AvgIpc) is 2.23. The van der Waals surface area contributed by atoms with Gasteiger partial charge in [-0.05, 0) is 56.5 Å². The molecule has 1 N–H and O–H groups in total. The third kappa shape index (κ3) is 4.22. The maximum absolute atomic E-state index is 13.1.